The van der Waals surface area contributed by atoms with Crippen molar-refractivity contribution in [1.29, 1.82) is 0 Å². The SMILES string of the molecule is CN1CCN(c2ccc3c(=O)ccn(-c4ncon4)c3c2)CC1. The van der Waals surface area contributed by atoms with Crippen molar-refractivity contribution in [3.63, 3.8) is 0 Å². The summed E-state index contributed by atoms with van der Waals surface area (Å²) in [5.74, 6) is 0.422. The van der Waals surface area contributed by atoms with Crippen LogP contribution in [0.4, 0.5) is 5.69 Å². The number of anilines is 1. The van der Waals surface area contributed by atoms with Gasteiger partial charge in [-0.25, -0.2) is 0 Å². The van der Waals surface area contributed by atoms with Crippen molar-refractivity contribution in [3.8, 4) is 5.95 Å². The molecule has 3 aromatic rings. The second-order valence-electron chi connectivity index (χ2n) is 5.77. The first-order chi connectivity index (χ1) is 11.2. The molecule has 7 heteroatoms. The Kier molecular flexibility index (Phi) is 3.34. The summed E-state index contributed by atoms with van der Waals surface area (Å²) in [6.45, 7) is 4.01. The quantitative estimate of drug-likeness (QED) is 0.707. The van der Waals surface area contributed by atoms with Gasteiger partial charge in [-0.1, -0.05) is 0 Å². The second-order valence-corrected chi connectivity index (χ2v) is 5.77. The lowest BCUT2D eigenvalue weighted by molar-refractivity contribution is 0.313. The molecule has 0 aliphatic carbocycles. The highest BCUT2D eigenvalue weighted by Gasteiger charge is 2.16. The minimum absolute atomic E-state index is 0.00956. The first kappa shape index (κ1) is 14.0. The predicted octanol–water partition coefficient (Wildman–Crippen LogP) is 1.13. The maximum Gasteiger partial charge on any atom is 0.274 e. The Balaban J connectivity index is 1.83. The van der Waals surface area contributed by atoms with Crippen LogP contribution in [0.25, 0.3) is 16.9 Å². The number of likely N-dealkylation sites (N-methyl/N-ethyl adjacent to an activating group) is 1. The molecule has 1 saturated heterocycles. The van der Waals surface area contributed by atoms with Gasteiger partial charge in [0, 0.05) is 49.5 Å². The molecule has 0 saturated carbocycles. The molecule has 1 fully saturated rings. The van der Waals surface area contributed by atoms with Crippen LogP contribution in [0.3, 0.4) is 0 Å². The van der Waals surface area contributed by atoms with E-state index in [1.54, 1.807) is 10.8 Å². The zero-order valence-electron chi connectivity index (χ0n) is 12.8. The average Bonchev–Trinajstić information content (AvgIpc) is 3.10. The van der Waals surface area contributed by atoms with Crippen molar-refractivity contribution in [2.75, 3.05) is 38.1 Å². The van der Waals surface area contributed by atoms with E-state index in [1.807, 2.05) is 18.2 Å². The fourth-order valence-corrected chi connectivity index (χ4v) is 2.95. The summed E-state index contributed by atoms with van der Waals surface area (Å²) in [4.78, 5) is 20.9. The molecule has 0 unspecified atom stereocenters. The molecule has 0 N–H and O–H groups in total. The predicted molar refractivity (Wildman–Crippen MR) is 87.1 cm³/mol. The van der Waals surface area contributed by atoms with Gasteiger partial charge in [-0.3, -0.25) is 9.36 Å². The number of rotatable bonds is 2. The van der Waals surface area contributed by atoms with Crippen LogP contribution in [0.15, 0.2) is 46.2 Å². The smallest absolute Gasteiger partial charge is 0.274 e. The van der Waals surface area contributed by atoms with Gasteiger partial charge in [-0.2, -0.15) is 4.98 Å². The van der Waals surface area contributed by atoms with Gasteiger partial charge in [0.2, 0.25) is 6.39 Å². The van der Waals surface area contributed by atoms with Crippen molar-refractivity contribution in [2.45, 2.75) is 0 Å². The van der Waals surface area contributed by atoms with Crippen LogP contribution in [0, 0.1) is 0 Å². The third kappa shape index (κ3) is 2.49. The fourth-order valence-electron chi connectivity index (χ4n) is 2.95. The van der Waals surface area contributed by atoms with E-state index >= 15 is 0 Å². The van der Waals surface area contributed by atoms with Crippen LogP contribution in [-0.4, -0.2) is 52.8 Å². The first-order valence-electron chi connectivity index (χ1n) is 7.58. The zero-order valence-corrected chi connectivity index (χ0v) is 12.8. The Morgan fingerprint density at radius 3 is 2.70 bits per heavy atom. The number of aromatic nitrogens is 3. The van der Waals surface area contributed by atoms with E-state index in [9.17, 15) is 4.79 Å². The third-order valence-electron chi connectivity index (χ3n) is 4.31. The topological polar surface area (TPSA) is 67.4 Å². The number of fused-ring (bicyclic) bond motifs is 1. The molecule has 4 rings (SSSR count). The monoisotopic (exact) mass is 311 g/mol. The summed E-state index contributed by atoms with van der Waals surface area (Å²) < 4.78 is 6.61. The Bertz CT molecular complexity index is 879. The van der Waals surface area contributed by atoms with Crippen LogP contribution in [-0.2, 0) is 0 Å². The van der Waals surface area contributed by atoms with E-state index in [1.165, 1.54) is 12.5 Å². The summed E-state index contributed by atoms with van der Waals surface area (Å²) in [6.07, 6.45) is 2.97. The van der Waals surface area contributed by atoms with Crippen molar-refractivity contribution in [3.05, 3.63) is 47.1 Å². The molecule has 3 heterocycles. The molecule has 0 spiro atoms. The molecule has 0 radical (unpaired) electrons. The zero-order chi connectivity index (χ0) is 15.8. The molecule has 1 aromatic carbocycles. The Labute approximate surface area is 132 Å². The summed E-state index contributed by atoms with van der Waals surface area (Å²) in [7, 11) is 2.13. The van der Waals surface area contributed by atoms with Gasteiger partial charge in [0.1, 0.15) is 0 Å². The van der Waals surface area contributed by atoms with Gasteiger partial charge in [0.25, 0.3) is 5.95 Å². The maximum absolute atomic E-state index is 12.1. The van der Waals surface area contributed by atoms with Crippen LogP contribution < -0.4 is 10.3 Å². The summed E-state index contributed by atoms with van der Waals surface area (Å²) in [6, 6.07) is 7.43. The van der Waals surface area contributed by atoms with Crippen molar-refractivity contribution in [1.82, 2.24) is 19.6 Å². The highest BCUT2D eigenvalue weighted by atomic mass is 16.5. The van der Waals surface area contributed by atoms with Gasteiger partial charge in [0.05, 0.1) is 5.52 Å². The Hall–Kier alpha value is -2.67. The molecule has 23 heavy (non-hydrogen) atoms. The summed E-state index contributed by atoms with van der Waals surface area (Å²) in [5.41, 5.74) is 1.88. The number of piperazine rings is 1. The van der Waals surface area contributed by atoms with Crippen LogP contribution in [0.1, 0.15) is 0 Å². The number of hydrogen-bond donors (Lipinski definition) is 0. The van der Waals surface area contributed by atoms with Crippen molar-refractivity contribution >= 4 is 16.6 Å². The fraction of sp³-hybridized carbons (Fsp3) is 0.312. The third-order valence-corrected chi connectivity index (χ3v) is 4.31. The lowest BCUT2D eigenvalue weighted by Crippen LogP contribution is -2.44. The van der Waals surface area contributed by atoms with E-state index in [-0.39, 0.29) is 5.43 Å². The largest absolute Gasteiger partial charge is 0.369 e. The first-order valence-corrected chi connectivity index (χ1v) is 7.58. The van der Waals surface area contributed by atoms with Crippen molar-refractivity contribution < 1.29 is 4.52 Å². The normalized spacial score (nSPS) is 16.1. The lowest BCUT2D eigenvalue weighted by Gasteiger charge is -2.34. The highest BCUT2D eigenvalue weighted by Crippen LogP contribution is 2.22. The van der Waals surface area contributed by atoms with E-state index in [0.29, 0.717) is 11.3 Å². The number of pyridine rings is 1. The van der Waals surface area contributed by atoms with Crippen LogP contribution in [0.2, 0.25) is 0 Å². The van der Waals surface area contributed by atoms with E-state index in [4.69, 9.17) is 4.52 Å². The van der Waals surface area contributed by atoms with Gasteiger partial charge in [0.15, 0.2) is 5.43 Å². The Morgan fingerprint density at radius 1 is 1.13 bits per heavy atom. The van der Waals surface area contributed by atoms with E-state index in [0.717, 1.165) is 37.4 Å². The van der Waals surface area contributed by atoms with Gasteiger partial charge < -0.3 is 14.3 Å². The van der Waals surface area contributed by atoms with E-state index < -0.39 is 0 Å². The average molecular weight is 311 g/mol. The van der Waals surface area contributed by atoms with Crippen LogP contribution in [0.5, 0.6) is 0 Å². The molecule has 0 bridgehead atoms. The minimum Gasteiger partial charge on any atom is -0.369 e. The second kappa shape index (κ2) is 5.51. The Morgan fingerprint density at radius 2 is 1.96 bits per heavy atom. The van der Waals surface area contributed by atoms with E-state index in [2.05, 4.69) is 27.0 Å². The molecule has 0 amide bonds. The maximum atomic E-state index is 12.1. The molecule has 0 atom stereocenters. The number of nitrogens with zero attached hydrogens (tertiary/aromatic N) is 5. The minimum atomic E-state index is -0.00956. The number of hydrogen-bond acceptors (Lipinski definition) is 6. The number of benzene rings is 1. The van der Waals surface area contributed by atoms with Crippen LogP contribution >= 0.6 is 0 Å². The summed E-state index contributed by atoms with van der Waals surface area (Å²) >= 11 is 0. The van der Waals surface area contributed by atoms with Gasteiger partial charge in [-0.15, -0.1) is 0 Å². The summed E-state index contributed by atoms with van der Waals surface area (Å²) in [5, 5.41) is 4.52. The lowest BCUT2D eigenvalue weighted by atomic mass is 10.1. The molecule has 1 aliphatic rings. The van der Waals surface area contributed by atoms with Gasteiger partial charge >= 0.3 is 0 Å². The van der Waals surface area contributed by atoms with Gasteiger partial charge in [-0.05, 0) is 30.4 Å². The molecular formula is C16H17N5O2. The van der Waals surface area contributed by atoms with Crippen molar-refractivity contribution in [2.24, 2.45) is 0 Å². The standard InChI is InChI=1S/C16H17N5O2/c1-19-6-8-20(9-7-19)12-2-3-13-14(10-12)21(5-4-15(13)22)16-17-11-23-18-16/h2-5,10-11H,6-9H2,1H3. The molecular weight excluding hydrogens is 294 g/mol. The molecule has 118 valence electrons. The molecule has 2 aromatic heterocycles. The molecule has 1 aliphatic heterocycles. The molecule has 7 nitrogen and oxygen atoms in total. The highest BCUT2D eigenvalue weighted by molar-refractivity contribution is 5.83.